The van der Waals surface area contributed by atoms with Crippen molar-refractivity contribution in [2.24, 2.45) is 5.14 Å². The van der Waals surface area contributed by atoms with Crippen LogP contribution in [0.4, 0.5) is 16.5 Å². The van der Waals surface area contributed by atoms with Crippen LogP contribution in [0.2, 0.25) is 0 Å². The van der Waals surface area contributed by atoms with E-state index in [0.717, 1.165) is 10.4 Å². The Hall–Kier alpha value is -3.27. The van der Waals surface area contributed by atoms with Gasteiger partial charge in [-0.05, 0) is 48.5 Å². The summed E-state index contributed by atoms with van der Waals surface area (Å²) in [7, 11) is -3.80. The van der Waals surface area contributed by atoms with Crippen molar-refractivity contribution in [3.8, 4) is 0 Å². The zero-order valence-electron chi connectivity index (χ0n) is 15.0. The summed E-state index contributed by atoms with van der Waals surface area (Å²) in [4.78, 5) is 17.1. The fourth-order valence-electron chi connectivity index (χ4n) is 2.74. The summed E-state index contributed by atoms with van der Waals surface area (Å²) in [6.07, 6.45) is 0. The molecule has 146 valence electrons. The molecule has 4 aromatic rings. The van der Waals surface area contributed by atoms with Crippen LogP contribution in [0.3, 0.4) is 0 Å². The molecule has 1 aromatic heterocycles. The molecule has 0 aliphatic heterocycles. The molecular formula is C20H16N4O3S2. The van der Waals surface area contributed by atoms with Gasteiger partial charge in [0.15, 0.2) is 5.13 Å². The van der Waals surface area contributed by atoms with Crippen LogP contribution in [-0.2, 0) is 10.0 Å². The largest absolute Gasteiger partial charge is 0.332 e. The van der Waals surface area contributed by atoms with E-state index in [0.29, 0.717) is 21.9 Å². The minimum absolute atomic E-state index is 0.0488. The first kappa shape index (κ1) is 19.1. The van der Waals surface area contributed by atoms with Crippen molar-refractivity contribution in [1.29, 1.82) is 0 Å². The second-order valence-corrected chi connectivity index (χ2v) is 8.78. The zero-order valence-corrected chi connectivity index (χ0v) is 16.6. The number of nitrogens with two attached hydrogens (primary N) is 1. The predicted octanol–water partition coefficient (Wildman–Crippen LogP) is 3.94. The molecule has 7 nitrogen and oxygen atoms in total. The second-order valence-electron chi connectivity index (χ2n) is 6.19. The third-order valence-electron chi connectivity index (χ3n) is 4.14. The summed E-state index contributed by atoms with van der Waals surface area (Å²) >= 11 is 1.48. The maximum atomic E-state index is 12.6. The molecule has 0 bridgehead atoms. The number of nitrogens with one attached hydrogen (secondary N) is 2. The van der Waals surface area contributed by atoms with Crippen molar-refractivity contribution in [1.82, 2.24) is 4.98 Å². The molecule has 0 fully saturated rings. The van der Waals surface area contributed by atoms with Crippen LogP contribution in [0.5, 0.6) is 0 Å². The lowest BCUT2D eigenvalue weighted by atomic mass is 10.2. The van der Waals surface area contributed by atoms with Gasteiger partial charge in [-0.15, -0.1) is 0 Å². The number of fused-ring (bicyclic) bond motifs is 1. The molecule has 0 aliphatic carbocycles. The number of aromatic nitrogens is 1. The van der Waals surface area contributed by atoms with Crippen LogP contribution in [-0.4, -0.2) is 19.3 Å². The quantitative estimate of drug-likeness (QED) is 0.449. The topological polar surface area (TPSA) is 114 Å². The van der Waals surface area contributed by atoms with E-state index in [-0.39, 0.29) is 10.8 Å². The standard InChI is InChI=1S/C20H16N4O3S2/c21-29(26,27)15-11-9-13(10-12-15)19(25)23-16-7-4-8-17-18(16)24-20(28-17)22-14-5-2-1-3-6-14/h1-12H,(H,22,24)(H,23,25)(H2,21,26,27). The van der Waals surface area contributed by atoms with Gasteiger partial charge in [-0.3, -0.25) is 4.79 Å². The number of benzene rings is 3. The van der Waals surface area contributed by atoms with Crippen LogP contribution in [0.15, 0.2) is 77.7 Å². The molecule has 0 spiro atoms. The Bertz CT molecular complexity index is 1280. The van der Waals surface area contributed by atoms with Crippen LogP contribution < -0.4 is 15.8 Å². The Morgan fingerprint density at radius 2 is 1.66 bits per heavy atom. The van der Waals surface area contributed by atoms with E-state index < -0.39 is 10.0 Å². The summed E-state index contributed by atoms with van der Waals surface area (Å²) < 4.78 is 23.6. The molecular weight excluding hydrogens is 408 g/mol. The van der Waals surface area contributed by atoms with Crippen LogP contribution in [0, 0.1) is 0 Å². The van der Waals surface area contributed by atoms with Crippen molar-refractivity contribution in [3.05, 3.63) is 78.4 Å². The van der Waals surface area contributed by atoms with Crippen LogP contribution in [0.1, 0.15) is 10.4 Å². The van der Waals surface area contributed by atoms with Gasteiger partial charge < -0.3 is 10.6 Å². The molecule has 0 atom stereocenters. The summed E-state index contributed by atoms with van der Waals surface area (Å²) in [5.74, 6) is -0.371. The summed E-state index contributed by atoms with van der Waals surface area (Å²) in [5.41, 5.74) is 2.48. The molecule has 9 heteroatoms. The number of primary sulfonamides is 1. The van der Waals surface area contributed by atoms with Gasteiger partial charge >= 0.3 is 0 Å². The number of sulfonamides is 1. The molecule has 1 heterocycles. The minimum atomic E-state index is -3.80. The fourth-order valence-corrected chi connectivity index (χ4v) is 4.17. The Kier molecular flexibility index (Phi) is 5.01. The van der Waals surface area contributed by atoms with Crippen molar-refractivity contribution < 1.29 is 13.2 Å². The Labute approximate surface area is 171 Å². The van der Waals surface area contributed by atoms with Crippen LogP contribution in [0.25, 0.3) is 10.2 Å². The predicted molar refractivity (Wildman–Crippen MR) is 115 cm³/mol. The summed E-state index contributed by atoms with van der Waals surface area (Å²) in [6.45, 7) is 0. The van der Waals surface area contributed by atoms with Gasteiger partial charge in [-0.1, -0.05) is 35.6 Å². The number of anilines is 3. The number of hydrogen-bond acceptors (Lipinski definition) is 6. The molecule has 0 unspecified atom stereocenters. The number of carbonyl (C=O) groups excluding carboxylic acids is 1. The highest BCUT2D eigenvalue weighted by Crippen LogP contribution is 2.32. The van der Waals surface area contributed by atoms with E-state index in [1.54, 1.807) is 6.07 Å². The molecule has 0 saturated carbocycles. The SMILES string of the molecule is NS(=O)(=O)c1ccc(C(=O)Nc2cccc3sc(Nc4ccccc4)nc23)cc1. The van der Waals surface area contributed by atoms with E-state index in [1.807, 2.05) is 42.5 Å². The van der Waals surface area contributed by atoms with E-state index >= 15 is 0 Å². The third-order valence-corrected chi connectivity index (χ3v) is 6.00. The van der Waals surface area contributed by atoms with Crippen molar-refractivity contribution in [3.63, 3.8) is 0 Å². The summed E-state index contributed by atoms with van der Waals surface area (Å²) in [6, 6.07) is 20.7. The lowest BCUT2D eigenvalue weighted by Gasteiger charge is -2.06. The Morgan fingerprint density at radius 1 is 0.931 bits per heavy atom. The maximum absolute atomic E-state index is 12.6. The highest BCUT2D eigenvalue weighted by atomic mass is 32.2. The lowest BCUT2D eigenvalue weighted by Crippen LogP contribution is -2.14. The number of carbonyl (C=O) groups is 1. The lowest BCUT2D eigenvalue weighted by molar-refractivity contribution is 0.102. The maximum Gasteiger partial charge on any atom is 0.255 e. The first-order chi connectivity index (χ1) is 13.9. The van der Waals surface area contributed by atoms with Gasteiger partial charge in [0.05, 0.1) is 15.3 Å². The second kappa shape index (κ2) is 7.63. The van der Waals surface area contributed by atoms with E-state index in [9.17, 15) is 13.2 Å². The highest BCUT2D eigenvalue weighted by Gasteiger charge is 2.14. The van der Waals surface area contributed by atoms with Gasteiger partial charge in [-0.25, -0.2) is 18.5 Å². The summed E-state index contributed by atoms with van der Waals surface area (Å²) in [5, 5.41) is 11.9. The average Bonchev–Trinajstić information content (AvgIpc) is 3.11. The van der Waals surface area contributed by atoms with E-state index in [4.69, 9.17) is 5.14 Å². The number of rotatable bonds is 5. The first-order valence-electron chi connectivity index (χ1n) is 8.56. The fraction of sp³-hybridized carbons (Fsp3) is 0. The highest BCUT2D eigenvalue weighted by molar-refractivity contribution is 7.89. The molecule has 3 aromatic carbocycles. The molecule has 0 aliphatic rings. The van der Waals surface area contributed by atoms with Crippen LogP contribution >= 0.6 is 11.3 Å². The van der Waals surface area contributed by atoms with E-state index in [2.05, 4.69) is 15.6 Å². The van der Waals surface area contributed by atoms with Gasteiger partial charge in [0.2, 0.25) is 10.0 Å². The number of thiazole rings is 1. The molecule has 1 amide bonds. The van der Waals surface area contributed by atoms with Crippen molar-refractivity contribution in [2.75, 3.05) is 10.6 Å². The monoisotopic (exact) mass is 424 g/mol. The van der Waals surface area contributed by atoms with Gasteiger partial charge in [-0.2, -0.15) is 0 Å². The zero-order chi connectivity index (χ0) is 20.4. The van der Waals surface area contributed by atoms with Crippen molar-refractivity contribution in [2.45, 2.75) is 4.90 Å². The number of nitrogens with zero attached hydrogens (tertiary/aromatic N) is 1. The average molecular weight is 425 g/mol. The van der Waals surface area contributed by atoms with Gasteiger partial charge in [0, 0.05) is 11.3 Å². The minimum Gasteiger partial charge on any atom is -0.332 e. The molecule has 4 rings (SSSR count). The molecule has 29 heavy (non-hydrogen) atoms. The Balaban J connectivity index is 1.58. The van der Waals surface area contributed by atoms with Crippen molar-refractivity contribution >= 4 is 54.0 Å². The van der Waals surface area contributed by atoms with Gasteiger partial charge in [0.25, 0.3) is 5.91 Å². The molecule has 0 saturated heterocycles. The van der Waals surface area contributed by atoms with E-state index in [1.165, 1.54) is 35.6 Å². The number of para-hydroxylation sites is 2. The Morgan fingerprint density at radius 3 is 2.34 bits per heavy atom. The normalized spacial score (nSPS) is 11.3. The molecule has 0 radical (unpaired) electrons. The first-order valence-corrected chi connectivity index (χ1v) is 10.9. The number of hydrogen-bond donors (Lipinski definition) is 3. The molecule has 4 N–H and O–H groups in total. The van der Waals surface area contributed by atoms with Gasteiger partial charge in [0.1, 0.15) is 5.52 Å². The number of amides is 1. The smallest absolute Gasteiger partial charge is 0.255 e. The third kappa shape index (κ3) is 4.27.